The Labute approximate surface area is 116 Å². The molecule has 0 aliphatic carbocycles. The van der Waals surface area contributed by atoms with Crippen molar-refractivity contribution in [3.8, 4) is 5.75 Å². The average Bonchev–Trinajstić information content (AvgIpc) is 2.77. The Morgan fingerprint density at radius 2 is 2.17 bits per heavy atom. The van der Waals surface area contributed by atoms with E-state index in [2.05, 4.69) is 15.9 Å². The second-order valence-electron chi connectivity index (χ2n) is 4.42. The predicted octanol–water partition coefficient (Wildman–Crippen LogP) is 2.55. The van der Waals surface area contributed by atoms with Crippen molar-refractivity contribution in [3.63, 3.8) is 0 Å². The Balaban J connectivity index is 2.44. The van der Waals surface area contributed by atoms with Crippen molar-refractivity contribution in [1.29, 1.82) is 0 Å². The summed E-state index contributed by atoms with van der Waals surface area (Å²) in [5.74, 6) is 0.735. The second-order valence-corrected chi connectivity index (χ2v) is 7.27. The molecule has 0 spiro atoms. The van der Waals surface area contributed by atoms with Gasteiger partial charge in [-0.1, -0.05) is 15.9 Å². The summed E-state index contributed by atoms with van der Waals surface area (Å²) >= 11 is 3.42. The molecule has 1 atom stereocenters. The average molecular weight is 334 g/mol. The highest BCUT2D eigenvalue weighted by molar-refractivity contribution is 9.10. The molecule has 0 amide bonds. The van der Waals surface area contributed by atoms with Gasteiger partial charge in [0, 0.05) is 16.6 Å². The van der Waals surface area contributed by atoms with Gasteiger partial charge in [0.1, 0.15) is 5.75 Å². The number of nitrogens with zero attached hydrogens (tertiary/aromatic N) is 1. The number of hydrogen-bond donors (Lipinski definition) is 0. The lowest BCUT2D eigenvalue weighted by atomic mass is 10.0. The van der Waals surface area contributed by atoms with Crippen LogP contribution in [0.4, 0.5) is 0 Å². The van der Waals surface area contributed by atoms with Gasteiger partial charge in [-0.2, -0.15) is 4.31 Å². The van der Waals surface area contributed by atoms with Gasteiger partial charge < -0.3 is 4.74 Å². The summed E-state index contributed by atoms with van der Waals surface area (Å²) in [6.45, 7) is 0.583. The van der Waals surface area contributed by atoms with E-state index in [0.717, 1.165) is 28.6 Å². The monoisotopic (exact) mass is 333 g/mol. The van der Waals surface area contributed by atoms with Gasteiger partial charge in [0.15, 0.2) is 0 Å². The van der Waals surface area contributed by atoms with Gasteiger partial charge >= 0.3 is 0 Å². The van der Waals surface area contributed by atoms with E-state index in [9.17, 15) is 8.42 Å². The van der Waals surface area contributed by atoms with E-state index in [1.54, 1.807) is 11.4 Å². The van der Waals surface area contributed by atoms with Crippen molar-refractivity contribution < 1.29 is 13.2 Å². The predicted molar refractivity (Wildman–Crippen MR) is 74.2 cm³/mol. The van der Waals surface area contributed by atoms with Gasteiger partial charge in [-0.15, -0.1) is 0 Å². The molecule has 0 saturated carbocycles. The van der Waals surface area contributed by atoms with E-state index in [-0.39, 0.29) is 6.04 Å². The Bertz CT molecular complexity index is 544. The van der Waals surface area contributed by atoms with Gasteiger partial charge in [0.05, 0.1) is 19.4 Å². The maximum Gasteiger partial charge on any atom is 0.211 e. The fourth-order valence-corrected chi connectivity index (χ4v) is 3.93. The molecule has 1 aliphatic rings. The maximum absolute atomic E-state index is 11.8. The topological polar surface area (TPSA) is 46.6 Å². The van der Waals surface area contributed by atoms with Crippen LogP contribution in [0.3, 0.4) is 0 Å². The van der Waals surface area contributed by atoms with Gasteiger partial charge in [0.25, 0.3) is 0 Å². The van der Waals surface area contributed by atoms with Gasteiger partial charge in [-0.05, 0) is 31.0 Å². The molecular weight excluding hydrogens is 318 g/mol. The van der Waals surface area contributed by atoms with E-state index in [1.807, 2.05) is 18.2 Å². The number of rotatable bonds is 3. The summed E-state index contributed by atoms with van der Waals surface area (Å²) in [5, 5.41) is 0. The standard InChI is InChI=1S/C12H16BrNO3S/c1-17-12-6-5-9(13)8-10(12)11-4-3-7-14(11)18(2,15)16/h5-6,8,11H,3-4,7H2,1-2H3. The molecule has 2 rings (SSSR count). The summed E-state index contributed by atoms with van der Waals surface area (Å²) < 4.78 is 31.4. The largest absolute Gasteiger partial charge is 0.496 e. The Morgan fingerprint density at radius 3 is 2.78 bits per heavy atom. The first-order chi connectivity index (χ1) is 8.43. The molecule has 1 aliphatic heterocycles. The number of hydrogen-bond acceptors (Lipinski definition) is 3. The fourth-order valence-electron chi connectivity index (χ4n) is 2.41. The summed E-state index contributed by atoms with van der Waals surface area (Å²) in [5.41, 5.74) is 0.926. The van der Waals surface area contributed by atoms with Crippen molar-refractivity contribution in [2.75, 3.05) is 19.9 Å². The third-order valence-corrected chi connectivity index (χ3v) is 4.96. The third-order valence-electron chi connectivity index (χ3n) is 3.18. The SMILES string of the molecule is COc1ccc(Br)cc1C1CCCN1S(C)(=O)=O. The Kier molecular flexibility index (Phi) is 3.99. The van der Waals surface area contributed by atoms with Crippen LogP contribution in [0.15, 0.2) is 22.7 Å². The first kappa shape index (κ1) is 13.8. The molecule has 18 heavy (non-hydrogen) atoms. The fraction of sp³-hybridized carbons (Fsp3) is 0.500. The summed E-state index contributed by atoms with van der Waals surface area (Å²) in [6.07, 6.45) is 2.98. The smallest absolute Gasteiger partial charge is 0.211 e. The van der Waals surface area contributed by atoms with Crippen LogP contribution >= 0.6 is 15.9 Å². The third kappa shape index (κ3) is 2.70. The molecule has 1 aromatic carbocycles. The minimum absolute atomic E-state index is 0.118. The van der Waals surface area contributed by atoms with Crippen LogP contribution in [-0.4, -0.2) is 32.6 Å². The number of sulfonamides is 1. The number of benzene rings is 1. The van der Waals surface area contributed by atoms with Crippen LogP contribution in [0.2, 0.25) is 0 Å². The summed E-state index contributed by atoms with van der Waals surface area (Å²) in [4.78, 5) is 0. The zero-order valence-electron chi connectivity index (χ0n) is 10.4. The van der Waals surface area contributed by atoms with E-state index >= 15 is 0 Å². The first-order valence-electron chi connectivity index (χ1n) is 5.73. The lowest BCUT2D eigenvalue weighted by Gasteiger charge is -2.24. The molecule has 100 valence electrons. The lowest BCUT2D eigenvalue weighted by Crippen LogP contribution is -2.29. The van der Waals surface area contributed by atoms with Crippen LogP contribution in [-0.2, 0) is 10.0 Å². The van der Waals surface area contributed by atoms with Crippen LogP contribution in [0, 0.1) is 0 Å². The summed E-state index contributed by atoms with van der Waals surface area (Å²) in [6, 6.07) is 5.57. The molecule has 0 aromatic heterocycles. The highest BCUT2D eigenvalue weighted by Gasteiger charge is 2.34. The highest BCUT2D eigenvalue weighted by Crippen LogP contribution is 2.39. The molecule has 1 unspecified atom stereocenters. The second kappa shape index (κ2) is 5.19. The summed E-state index contributed by atoms with van der Waals surface area (Å²) in [7, 11) is -1.57. The molecule has 1 fully saturated rings. The van der Waals surface area contributed by atoms with Crippen molar-refractivity contribution in [1.82, 2.24) is 4.31 Å². The number of methoxy groups -OCH3 is 1. The number of halogens is 1. The van der Waals surface area contributed by atoms with Crippen molar-refractivity contribution in [2.45, 2.75) is 18.9 Å². The highest BCUT2D eigenvalue weighted by atomic mass is 79.9. The molecule has 1 aromatic rings. The molecule has 4 nitrogen and oxygen atoms in total. The van der Waals surface area contributed by atoms with Crippen molar-refractivity contribution >= 4 is 26.0 Å². The van der Waals surface area contributed by atoms with Crippen molar-refractivity contribution in [2.24, 2.45) is 0 Å². The minimum Gasteiger partial charge on any atom is -0.496 e. The van der Waals surface area contributed by atoms with Gasteiger partial charge in [-0.3, -0.25) is 0 Å². The quantitative estimate of drug-likeness (QED) is 0.853. The van der Waals surface area contributed by atoms with Crippen LogP contribution < -0.4 is 4.74 Å². The van der Waals surface area contributed by atoms with E-state index < -0.39 is 10.0 Å². The Hall–Kier alpha value is -0.590. The van der Waals surface area contributed by atoms with Crippen LogP contribution in [0.1, 0.15) is 24.4 Å². The molecule has 0 N–H and O–H groups in total. The van der Waals surface area contributed by atoms with E-state index in [4.69, 9.17) is 4.74 Å². The Morgan fingerprint density at radius 1 is 1.44 bits per heavy atom. The van der Waals surface area contributed by atoms with Gasteiger partial charge in [-0.25, -0.2) is 8.42 Å². The number of ether oxygens (including phenoxy) is 1. The normalized spacial score (nSPS) is 21.2. The zero-order valence-corrected chi connectivity index (χ0v) is 12.8. The zero-order chi connectivity index (χ0) is 13.3. The molecule has 1 saturated heterocycles. The molecule has 1 heterocycles. The van der Waals surface area contributed by atoms with Crippen molar-refractivity contribution in [3.05, 3.63) is 28.2 Å². The van der Waals surface area contributed by atoms with Crippen LogP contribution in [0.5, 0.6) is 5.75 Å². The minimum atomic E-state index is -3.18. The molecule has 6 heteroatoms. The lowest BCUT2D eigenvalue weighted by molar-refractivity contribution is 0.368. The molecule has 0 radical (unpaired) electrons. The molecular formula is C12H16BrNO3S. The first-order valence-corrected chi connectivity index (χ1v) is 8.38. The maximum atomic E-state index is 11.8. The van der Waals surface area contributed by atoms with Crippen LogP contribution in [0.25, 0.3) is 0 Å². The molecule has 0 bridgehead atoms. The van der Waals surface area contributed by atoms with E-state index in [1.165, 1.54) is 6.26 Å². The van der Waals surface area contributed by atoms with Gasteiger partial charge in [0.2, 0.25) is 10.0 Å². The van der Waals surface area contributed by atoms with E-state index in [0.29, 0.717) is 6.54 Å².